The third kappa shape index (κ3) is 2.32. The van der Waals surface area contributed by atoms with E-state index in [9.17, 15) is 0 Å². The Balaban J connectivity index is 2.04. The van der Waals surface area contributed by atoms with Crippen LogP contribution < -0.4 is 5.32 Å². The Kier molecular flexibility index (Phi) is 3.01. The zero-order valence-corrected chi connectivity index (χ0v) is 9.18. The molecule has 0 spiro atoms. The minimum absolute atomic E-state index is 0.693. The molecule has 1 saturated heterocycles. The Morgan fingerprint density at radius 3 is 2.92 bits per heavy atom. The van der Waals surface area contributed by atoms with Gasteiger partial charge in [0.2, 0.25) is 0 Å². The molecule has 1 aromatic carbocycles. The summed E-state index contributed by atoms with van der Waals surface area (Å²) < 4.78 is 1.24. The van der Waals surface area contributed by atoms with Gasteiger partial charge in [0.05, 0.1) is 0 Å². The van der Waals surface area contributed by atoms with Crippen LogP contribution in [0.3, 0.4) is 0 Å². The van der Waals surface area contributed by atoms with Crippen LogP contribution >= 0.6 is 15.9 Å². The van der Waals surface area contributed by atoms with Gasteiger partial charge < -0.3 is 5.32 Å². The largest absolute Gasteiger partial charge is 0.314 e. The molecule has 2 rings (SSSR count). The van der Waals surface area contributed by atoms with E-state index in [4.69, 9.17) is 0 Å². The number of hydrogen-bond donors (Lipinski definition) is 1. The fourth-order valence-corrected chi connectivity index (χ4v) is 2.31. The molecule has 1 nitrogen and oxygen atoms in total. The molecule has 0 radical (unpaired) electrons. The van der Waals surface area contributed by atoms with Gasteiger partial charge in [0.1, 0.15) is 0 Å². The van der Waals surface area contributed by atoms with Crippen molar-refractivity contribution in [3.8, 4) is 0 Å². The highest BCUT2D eigenvalue weighted by Gasteiger charge is 2.14. The maximum atomic E-state index is 3.58. The van der Waals surface area contributed by atoms with Gasteiger partial charge in [0.15, 0.2) is 0 Å². The van der Waals surface area contributed by atoms with Crippen LogP contribution in [0.25, 0.3) is 0 Å². The first-order valence-corrected chi connectivity index (χ1v) is 5.62. The molecule has 1 aliphatic rings. The average molecular weight is 240 g/mol. The third-order valence-electron chi connectivity index (χ3n) is 2.59. The van der Waals surface area contributed by atoms with Gasteiger partial charge in [0.25, 0.3) is 0 Å². The predicted octanol–water partition coefficient (Wildman–Crippen LogP) is 2.74. The zero-order valence-electron chi connectivity index (χ0n) is 7.59. The predicted molar refractivity (Wildman–Crippen MR) is 58.9 cm³/mol. The topological polar surface area (TPSA) is 12.0 Å². The molecule has 1 heterocycles. The summed E-state index contributed by atoms with van der Waals surface area (Å²) in [6.07, 6.45) is 3.80. The Morgan fingerprint density at radius 2 is 2.23 bits per heavy atom. The smallest absolute Gasteiger partial charge is 0.0207 e. The summed E-state index contributed by atoms with van der Waals surface area (Å²) >= 11 is 3.58. The van der Waals surface area contributed by atoms with E-state index in [1.165, 1.54) is 29.4 Å². The number of halogens is 1. The second-order valence-corrected chi connectivity index (χ2v) is 4.44. The van der Waals surface area contributed by atoms with Gasteiger partial charge in [-0.3, -0.25) is 0 Å². The highest BCUT2D eigenvalue weighted by Crippen LogP contribution is 2.19. The van der Waals surface area contributed by atoms with Crippen molar-refractivity contribution < 1.29 is 0 Å². The minimum atomic E-state index is 0.693. The second-order valence-electron chi connectivity index (χ2n) is 3.59. The van der Waals surface area contributed by atoms with Crippen LogP contribution in [0.4, 0.5) is 0 Å². The lowest BCUT2D eigenvalue weighted by atomic mass is 10.1. The van der Waals surface area contributed by atoms with Crippen LogP contribution in [0.15, 0.2) is 28.7 Å². The van der Waals surface area contributed by atoms with Crippen molar-refractivity contribution in [1.82, 2.24) is 5.32 Å². The first kappa shape index (κ1) is 9.22. The Morgan fingerprint density at radius 1 is 1.38 bits per heavy atom. The van der Waals surface area contributed by atoms with Crippen LogP contribution in [-0.2, 0) is 6.42 Å². The normalized spacial score (nSPS) is 22.1. The van der Waals surface area contributed by atoms with Crippen LogP contribution in [-0.4, -0.2) is 12.6 Å². The van der Waals surface area contributed by atoms with Gasteiger partial charge in [-0.1, -0.05) is 34.1 Å². The molecule has 1 fully saturated rings. The van der Waals surface area contributed by atoms with Gasteiger partial charge in [-0.25, -0.2) is 0 Å². The molecular formula is C11H14BrN. The van der Waals surface area contributed by atoms with E-state index in [2.05, 4.69) is 45.5 Å². The Hall–Kier alpha value is -0.340. The average Bonchev–Trinajstić information content (AvgIpc) is 2.61. The molecule has 0 unspecified atom stereocenters. The van der Waals surface area contributed by atoms with E-state index in [-0.39, 0.29) is 0 Å². The first-order chi connectivity index (χ1) is 6.36. The zero-order chi connectivity index (χ0) is 9.10. The monoisotopic (exact) mass is 239 g/mol. The summed E-state index contributed by atoms with van der Waals surface area (Å²) in [5.74, 6) is 0. The summed E-state index contributed by atoms with van der Waals surface area (Å²) in [6.45, 7) is 1.19. The van der Waals surface area contributed by atoms with Crippen molar-refractivity contribution in [3.05, 3.63) is 34.3 Å². The van der Waals surface area contributed by atoms with E-state index in [0.717, 1.165) is 6.42 Å². The lowest BCUT2D eigenvalue weighted by Gasteiger charge is -2.10. The fraction of sp³-hybridized carbons (Fsp3) is 0.455. The number of nitrogens with one attached hydrogen (secondary N) is 1. The Labute approximate surface area is 87.7 Å². The van der Waals surface area contributed by atoms with Crippen LogP contribution in [0.2, 0.25) is 0 Å². The minimum Gasteiger partial charge on any atom is -0.314 e. The fourth-order valence-electron chi connectivity index (χ4n) is 1.86. The summed E-state index contributed by atoms with van der Waals surface area (Å²) in [6, 6.07) is 9.18. The molecule has 2 heteroatoms. The highest BCUT2D eigenvalue weighted by molar-refractivity contribution is 9.10. The van der Waals surface area contributed by atoms with Gasteiger partial charge in [0, 0.05) is 10.5 Å². The molecule has 0 bridgehead atoms. The van der Waals surface area contributed by atoms with Crippen molar-refractivity contribution >= 4 is 15.9 Å². The lowest BCUT2D eigenvalue weighted by Crippen LogP contribution is -2.23. The molecule has 0 amide bonds. The molecule has 1 aliphatic heterocycles. The van der Waals surface area contributed by atoms with E-state index in [0.29, 0.717) is 6.04 Å². The van der Waals surface area contributed by atoms with Crippen molar-refractivity contribution in [2.24, 2.45) is 0 Å². The van der Waals surface area contributed by atoms with Crippen molar-refractivity contribution in [1.29, 1.82) is 0 Å². The second kappa shape index (κ2) is 4.25. The molecule has 13 heavy (non-hydrogen) atoms. The van der Waals surface area contributed by atoms with E-state index in [1.807, 2.05) is 0 Å². The lowest BCUT2D eigenvalue weighted by molar-refractivity contribution is 0.602. The molecule has 0 aliphatic carbocycles. The highest BCUT2D eigenvalue weighted by atomic mass is 79.9. The standard InChI is InChI=1S/C11H14BrN/c12-11-6-2-1-4-9(11)8-10-5-3-7-13-10/h1-2,4,6,10,13H,3,5,7-8H2/t10-/m0/s1. The molecule has 1 aromatic rings. The van der Waals surface area contributed by atoms with E-state index in [1.54, 1.807) is 0 Å². The van der Waals surface area contributed by atoms with Crippen LogP contribution in [0, 0.1) is 0 Å². The molecule has 0 aromatic heterocycles. The van der Waals surface area contributed by atoms with Crippen molar-refractivity contribution in [2.45, 2.75) is 25.3 Å². The molecule has 1 N–H and O–H groups in total. The first-order valence-electron chi connectivity index (χ1n) is 4.83. The van der Waals surface area contributed by atoms with Gasteiger partial charge in [-0.05, 0) is 37.4 Å². The van der Waals surface area contributed by atoms with Gasteiger partial charge in [-0.2, -0.15) is 0 Å². The van der Waals surface area contributed by atoms with E-state index >= 15 is 0 Å². The molecule has 1 atom stereocenters. The van der Waals surface area contributed by atoms with Crippen LogP contribution in [0.5, 0.6) is 0 Å². The summed E-state index contributed by atoms with van der Waals surface area (Å²) in [4.78, 5) is 0. The van der Waals surface area contributed by atoms with Gasteiger partial charge in [-0.15, -0.1) is 0 Å². The van der Waals surface area contributed by atoms with E-state index < -0.39 is 0 Å². The molecule has 70 valence electrons. The maximum absolute atomic E-state index is 3.58. The number of benzene rings is 1. The Bertz CT molecular complexity index is 279. The quantitative estimate of drug-likeness (QED) is 0.838. The SMILES string of the molecule is Brc1ccccc1C[C@@H]1CCCN1. The molecular weight excluding hydrogens is 226 g/mol. The van der Waals surface area contributed by atoms with Gasteiger partial charge >= 0.3 is 0 Å². The third-order valence-corrected chi connectivity index (χ3v) is 3.36. The molecule has 0 saturated carbocycles. The van der Waals surface area contributed by atoms with Crippen molar-refractivity contribution in [2.75, 3.05) is 6.54 Å². The number of hydrogen-bond acceptors (Lipinski definition) is 1. The number of rotatable bonds is 2. The van der Waals surface area contributed by atoms with Crippen LogP contribution in [0.1, 0.15) is 18.4 Å². The summed E-state index contributed by atoms with van der Waals surface area (Å²) in [5, 5.41) is 3.51. The summed E-state index contributed by atoms with van der Waals surface area (Å²) in [7, 11) is 0. The van der Waals surface area contributed by atoms with Crippen molar-refractivity contribution in [3.63, 3.8) is 0 Å². The maximum Gasteiger partial charge on any atom is 0.0207 e. The summed E-state index contributed by atoms with van der Waals surface area (Å²) in [5.41, 5.74) is 1.42.